The van der Waals surface area contributed by atoms with Crippen LogP contribution in [0.2, 0.25) is 10.0 Å². The van der Waals surface area contributed by atoms with E-state index in [9.17, 15) is 9.65 Å². The summed E-state index contributed by atoms with van der Waals surface area (Å²) in [6.45, 7) is 0.145. The summed E-state index contributed by atoms with van der Waals surface area (Å²) in [5.74, 6) is 0.314. The molecule has 5 heteroatoms. The van der Waals surface area contributed by atoms with E-state index in [1.807, 2.05) is 12.1 Å². The highest BCUT2D eigenvalue weighted by Gasteiger charge is 2.07. The lowest BCUT2D eigenvalue weighted by Crippen LogP contribution is -1.98. The first-order chi connectivity index (χ1) is 13.1. The fourth-order valence-electron chi connectivity index (χ4n) is 2.48. The Bertz CT molecular complexity index is 1020. The second-order valence-corrected chi connectivity index (χ2v) is 6.59. The van der Waals surface area contributed by atoms with E-state index in [0.29, 0.717) is 32.5 Å². The van der Waals surface area contributed by atoms with Crippen molar-refractivity contribution >= 4 is 34.9 Å². The molecule has 3 aromatic carbocycles. The van der Waals surface area contributed by atoms with Crippen LogP contribution in [0.25, 0.3) is 11.6 Å². The first-order valence-electron chi connectivity index (χ1n) is 8.10. The molecular formula is C22H14Cl2FNO. The van der Waals surface area contributed by atoms with Crippen molar-refractivity contribution in [3.05, 3.63) is 99.3 Å². The number of halogens is 3. The summed E-state index contributed by atoms with van der Waals surface area (Å²) >= 11 is 12.1. The number of ether oxygens (including phenoxy) is 1. The van der Waals surface area contributed by atoms with Gasteiger partial charge < -0.3 is 4.74 Å². The number of benzene rings is 3. The van der Waals surface area contributed by atoms with Gasteiger partial charge in [0.2, 0.25) is 0 Å². The molecule has 3 rings (SSSR count). The van der Waals surface area contributed by atoms with Crippen LogP contribution in [-0.2, 0) is 6.61 Å². The number of hydrogen-bond acceptors (Lipinski definition) is 2. The van der Waals surface area contributed by atoms with Gasteiger partial charge in [0.25, 0.3) is 0 Å². The number of nitriles is 1. The quantitative estimate of drug-likeness (QED) is 0.351. The van der Waals surface area contributed by atoms with Crippen molar-refractivity contribution in [1.29, 1.82) is 5.26 Å². The maximum Gasteiger partial charge on any atom is 0.129 e. The van der Waals surface area contributed by atoms with E-state index in [1.165, 1.54) is 6.07 Å². The van der Waals surface area contributed by atoms with Crippen molar-refractivity contribution in [3.63, 3.8) is 0 Å². The first-order valence-corrected chi connectivity index (χ1v) is 8.86. The van der Waals surface area contributed by atoms with Crippen molar-refractivity contribution in [2.24, 2.45) is 0 Å². The van der Waals surface area contributed by atoms with Gasteiger partial charge in [-0.1, -0.05) is 59.6 Å². The molecule has 0 amide bonds. The van der Waals surface area contributed by atoms with Gasteiger partial charge >= 0.3 is 0 Å². The molecule has 0 fully saturated rings. The molecular weight excluding hydrogens is 384 g/mol. The van der Waals surface area contributed by atoms with Gasteiger partial charge in [-0.3, -0.25) is 0 Å². The molecule has 0 atom stereocenters. The molecule has 0 heterocycles. The molecule has 0 aliphatic heterocycles. The third-order valence-electron chi connectivity index (χ3n) is 3.89. The molecule has 0 radical (unpaired) electrons. The summed E-state index contributed by atoms with van der Waals surface area (Å²) < 4.78 is 19.2. The van der Waals surface area contributed by atoms with Crippen LogP contribution in [0.15, 0.2) is 66.7 Å². The number of allylic oxidation sites excluding steroid dienone is 1. The Morgan fingerprint density at radius 3 is 2.44 bits per heavy atom. The Kier molecular flexibility index (Phi) is 6.13. The average Bonchev–Trinajstić information content (AvgIpc) is 2.67. The largest absolute Gasteiger partial charge is 0.489 e. The highest BCUT2D eigenvalue weighted by Crippen LogP contribution is 2.28. The van der Waals surface area contributed by atoms with Crippen LogP contribution in [-0.4, -0.2) is 0 Å². The van der Waals surface area contributed by atoms with Gasteiger partial charge in [0.05, 0.1) is 16.7 Å². The number of rotatable bonds is 5. The first kappa shape index (κ1) is 19.0. The van der Waals surface area contributed by atoms with Crippen LogP contribution in [0.1, 0.15) is 16.7 Å². The summed E-state index contributed by atoms with van der Waals surface area (Å²) in [5.41, 5.74) is 2.35. The number of nitrogens with zero attached hydrogens (tertiary/aromatic N) is 1. The van der Waals surface area contributed by atoms with Gasteiger partial charge in [-0.25, -0.2) is 4.39 Å². The number of hydrogen-bond donors (Lipinski definition) is 0. The van der Waals surface area contributed by atoms with Gasteiger partial charge in [0, 0.05) is 16.1 Å². The summed E-state index contributed by atoms with van der Waals surface area (Å²) in [4.78, 5) is 0. The van der Waals surface area contributed by atoms with E-state index in [4.69, 9.17) is 27.9 Å². The van der Waals surface area contributed by atoms with Crippen LogP contribution < -0.4 is 4.74 Å². The monoisotopic (exact) mass is 397 g/mol. The maximum atomic E-state index is 13.6. The minimum Gasteiger partial charge on any atom is -0.489 e. The molecule has 0 unspecified atom stereocenters. The molecule has 134 valence electrons. The van der Waals surface area contributed by atoms with E-state index in [2.05, 4.69) is 6.07 Å². The van der Waals surface area contributed by atoms with Crippen LogP contribution in [0.4, 0.5) is 4.39 Å². The van der Waals surface area contributed by atoms with Crippen molar-refractivity contribution in [2.45, 2.75) is 6.61 Å². The fraction of sp³-hybridized carbons (Fsp3) is 0.0455. The van der Waals surface area contributed by atoms with E-state index in [1.54, 1.807) is 54.6 Å². The SMILES string of the molecule is N#C/C(=C\c1ccc(OCc2ccccc2F)cc1)c1ccc(Cl)cc1Cl. The molecule has 0 N–H and O–H groups in total. The maximum absolute atomic E-state index is 13.6. The summed E-state index contributed by atoms with van der Waals surface area (Å²) in [6.07, 6.45) is 1.73. The summed E-state index contributed by atoms with van der Waals surface area (Å²) in [7, 11) is 0. The molecule has 0 aromatic heterocycles. The smallest absolute Gasteiger partial charge is 0.129 e. The molecule has 27 heavy (non-hydrogen) atoms. The Labute approximate surface area is 167 Å². The van der Waals surface area contributed by atoms with E-state index in [-0.39, 0.29) is 12.4 Å². The standard InChI is InChI=1S/C22H14Cl2FNO/c23-18-7-10-20(21(24)12-18)17(13-26)11-15-5-8-19(9-6-15)27-14-16-3-1-2-4-22(16)25/h1-12H,14H2/b17-11+. The highest BCUT2D eigenvalue weighted by molar-refractivity contribution is 6.36. The van der Waals surface area contributed by atoms with Gasteiger partial charge in [0.1, 0.15) is 18.2 Å². The third kappa shape index (κ3) is 4.89. The van der Waals surface area contributed by atoms with E-state index in [0.717, 1.165) is 5.56 Å². The van der Waals surface area contributed by atoms with Crippen molar-refractivity contribution < 1.29 is 9.13 Å². The minimum atomic E-state index is -0.296. The molecule has 2 nitrogen and oxygen atoms in total. The normalized spacial score (nSPS) is 11.1. The molecule has 3 aromatic rings. The lowest BCUT2D eigenvalue weighted by molar-refractivity contribution is 0.300. The molecule has 0 aliphatic rings. The average molecular weight is 398 g/mol. The van der Waals surface area contributed by atoms with Gasteiger partial charge in [-0.2, -0.15) is 5.26 Å². The van der Waals surface area contributed by atoms with Crippen LogP contribution >= 0.6 is 23.2 Å². The lowest BCUT2D eigenvalue weighted by atomic mass is 10.0. The lowest BCUT2D eigenvalue weighted by Gasteiger charge is -2.08. The second kappa shape index (κ2) is 8.73. The van der Waals surface area contributed by atoms with Crippen molar-refractivity contribution in [1.82, 2.24) is 0 Å². The minimum absolute atomic E-state index is 0.145. The summed E-state index contributed by atoms with van der Waals surface area (Å²) in [6, 6.07) is 20.8. The second-order valence-electron chi connectivity index (χ2n) is 5.74. The van der Waals surface area contributed by atoms with Gasteiger partial charge in [-0.05, 0) is 42.0 Å². The molecule has 0 spiro atoms. The highest BCUT2D eigenvalue weighted by atomic mass is 35.5. The molecule has 0 saturated carbocycles. The molecule has 0 saturated heterocycles. The van der Waals surface area contributed by atoms with E-state index >= 15 is 0 Å². The van der Waals surface area contributed by atoms with Crippen molar-refractivity contribution in [3.8, 4) is 11.8 Å². The van der Waals surface area contributed by atoms with Gasteiger partial charge in [-0.15, -0.1) is 0 Å². The molecule has 0 aliphatic carbocycles. The summed E-state index contributed by atoms with van der Waals surface area (Å²) in [5, 5.41) is 10.4. The predicted octanol–water partition coefficient (Wildman–Crippen LogP) is 6.78. The van der Waals surface area contributed by atoms with Crippen LogP contribution in [0.3, 0.4) is 0 Å². The van der Waals surface area contributed by atoms with Gasteiger partial charge in [0.15, 0.2) is 0 Å². The predicted molar refractivity (Wildman–Crippen MR) is 107 cm³/mol. The third-order valence-corrected chi connectivity index (χ3v) is 4.43. The molecule has 0 bridgehead atoms. The zero-order valence-electron chi connectivity index (χ0n) is 14.1. The Morgan fingerprint density at radius 1 is 1.04 bits per heavy atom. The Balaban J connectivity index is 1.75. The van der Waals surface area contributed by atoms with Crippen LogP contribution in [0.5, 0.6) is 5.75 Å². The Hall–Kier alpha value is -2.80. The fourth-order valence-corrected chi connectivity index (χ4v) is 2.99. The zero-order chi connectivity index (χ0) is 19.2. The van der Waals surface area contributed by atoms with E-state index < -0.39 is 0 Å². The Morgan fingerprint density at radius 2 is 1.78 bits per heavy atom. The topological polar surface area (TPSA) is 33.0 Å². The van der Waals surface area contributed by atoms with Crippen LogP contribution in [0, 0.1) is 17.1 Å². The van der Waals surface area contributed by atoms with Crippen molar-refractivity contribution in [2.75, 3.05) is 0 Å². The zero-order valence-corrected chi connectivity index (χ0v) is 15.6.